The number of anilines is 1. The van der Waals surface area contributed by atoms with Crippen LogP contribution in [0.3, 0.4) is 0 Å². The van der Waals surface area contributed by atoms with Gasteiger partial charge in [0.05, 0.1) is 37.0 Å². The topological polar surface area (TPSA) is 175 Å². The van der Waals surface area contributed by atoms with E-state index in [1.807, 2.05) is 0 Å². The van der Waals surface area contributed by atoms with Gasteiger partial charge in [0.15, 0.2) is 5.96 Å². The van der Waals surface area contributed by atoms with Crippen molar-refractivity contribution >= 4 is 67.0 Å². The lowest BCUT2D eigenvalue weighted by molar-refractivity contribution is -0.384. The lowest BCUT2D eigenvalue weighted by Crippen LogP contribution is -2.41. The average Bonchev–Trinajstić information content (AvgIpc) is 2.82. The lowest BCUT2D eigenvalue weighted by atomic mass is 10.0. The fourth-order valence-electron chi connectivity index (χ4n) is 3.37. The number of benzene rings is 2. The summed E-state index contributed by atoms with van der Waals surface area (Å²) in [6.07, 6.45) is -1.55. The van der Waals surface area contributed by atoms with Gasteiger partial charge in [-0.3, -0.25) is 24.5 Å². The Bertz CT molecular complexity index is 1240. The summed E-state index contributed by atoms with van der Waals surface area (Å²) in [5.41, 5.74) is 0.188. The number of nitro groups is 1. The minimum atomic E-state index is -1.15. The first-order valence-electron chi connectivity index (χ1n) is 10.7. The number of guanidine groups is 1. The van der Waals surface area contributed by atoms with Crippen molar-refractivity contribution in [2.45, 2.75) is 18.6 Å². The van der Waals surface area contributed by atoms with E-state index in [1.165, 1.54) is 12.1 Å². The molecular formula is C22H21Br2FN6O6. The zero-order valence-corrected chi connectivity index (χ0v) is 22.1. The highest BCUT2D eigenvalue weighted by molar-refractivity contribution is 9.11. The van der Waals surface area contributed by atoms with Gasteiger partial charge in [0.1, 0.15) is 6.17 Å². The molecule has 1 aliphatic heterocycles. The number of alkyl halides is 1. The Morgan fingerprint density at radius 3 is 2.49 bits per heavy atom. The summed E-state index contributed by atoms with van der Waals surface area (Å²) in [7, 11) is 0. The third-order valence-electron chi connectivity index (χ3n) is 5.00. The predicted molar refractivity (Wildman–Crippen MR) is 139 cm³/mol. The van der Waals surface area contributed by atoms with Crippen molar-refractivity contribution in [3.63, 3.8) is 0 Å². The number of nitrogens with one attached hydrogen (secondary N) is 4. The van der Waals surface area contributed by atoms with Crippen LogP contribution in [0.5, 0.6) is 0 Å². The van der Waals surface area contributed by atoms with Gasteiger partial charge in [-0.15, -0.1) is 0 Å². The molecule has 37 heavy (non-hydrogen) atoms. The molecule has 0 fully saturated rings. The molecule has 0 saturated carbocycles. The van der Waals surface area contributed by atoms with E-state index in [2.05, 4.69) is 58.1 Å². The number of carbonyl (C=O) groups excluding carboxylic acids is 2. The Kier molecular flexibility index (Phi) is 9.52. The number of carboxylic acids is 1. The van der Waals surface area contributed by atoms with Crippen molar-refractivity contribution in [2.24, 2.45) is 4.99 Å². The standard InChI is InChI=1S/C22H21Br2FN6O6/c23-13-1-11(2-14(24)5-13)18(7-20(33)34)30-19(32)10-26-21(35)12-3-16(6-17(4-12)31(36)37)29-22-27-8-15(25)9-28-22/h1-6,15,18H,7-10H2,(H,26,35)(H,30,32)(H,33,34)(H2,27,28,29). The van der Waals surface area contributed by atoms with Gasteiger partial charge in [0.25, 0.3) is 11.6 Å². The smallest absolute Gasteiger partial charge is 0.305 e. The molecule has 1 heterocycles. The quantitative estimate of drug-likeness (QED) is 0.205. The number of amides is 2. The fraction of sp³-hybridized carbons (Fsp3) is 0.273. The molecule has 12 nitrogen and oxygen atoms in total. The van der Waals surface area contributed by atoms with E-state index in [1.54, 1.807) is 18.2 Å². The Morgan fingerprint density at radius 1 is 1.19 bits per heavy atom. The minimum Gasteiger partial charge on any atom is -0.481 e. The predicted octanol–water partition coefficient (Wildman–Crippen LogP) is 2.89. The normalized spacial score (nSPS) is 15.5. The SMILES string of the molecule is O=C(O)CC(NC(=O)CNC(=O)c1cc(NC2=NCC(F)CN2)cc([N+](=O)[O-])c1)c1cc(Br)cc(Br)c1. The summed E-state index contributed by atoms with van der Waals surface area (Å²) in [6.45, 7) is -0.572. The van der Waals surface area contributed by atoms with Crippen LogP contribution in [0, 0.1) is 10.1 Å². The molecule has 2 unspecified atom stereocenters. The van der Waals surface area contributed by atoms with Crippen LogP contribution in [0.25, 0.3) is 0 Å². The molecule has 0 saturated heterocycles. The molecule has 5 N–H and O–H groups in total. The second-order valence-electron chi connectivity index (χ2n) is 7.92. The van der Waals surface area contributed by atoms with E-state index in [0.717, 1.165) is 6.07 Å². The molecule has 2 aromatic rings. The maximum atomic E-state index is 13.3. The summed E-state index contributed by atoms with van der Waals surface area (Å²) in [6, 6.07) is 7.73. The van der Waals surface area contributed by atoms with Gasteiger partial charge < -0.3 is 26.4 Å². The second-order valence-corrected chi connectivity index (χ2v) is 9.75. The summed E-state index contributed by atoms with van der Waals surface area (Å²) in [5, 5.41) is 31.0. The number of aliphatic imine (C=N–C) groups is 1. The van der Waals surface area contributed by atoms with Gasteiger partial charge in [0.2, 0.25) is 5.91 Å². The van der Waals surface area contributed by atoms with Gasteiger partial charge in [-0.05, 0) is 29.8 Å². The van der Waals surface area contributed by atoms with Crippen LogP contribution < -0.4 is 21.3 Å². The molecule has 1 aliphatic rings. The number of carboxylic acid groups (broad SMARTS) is 1. The van der Waals surface area contributed by atoms with E-state index in [0.29, 0.717) is 14.5 Å². The Hall–Kier alpha value is -3.59. The maximum absolute atomic E-state index is 13.3. The summed E-state index contributed by atoms with van der Waals surface area (Å²) in [5.74, 6) is -2.38. The summed E-state index contributed by atoms with van der Waals surface area (Å²) >= 11 is 6.63. The molecular weight excluding hydrogens is 623 g/mol. The van der Waals surface area contributed by atoms with Crippen LogP contribution >= 0.6 is 31.9 Å². The van der Waals surface area contributed by atoms with E-state index in [4.69, 9.17) is 0 Å². The molecule has 0 aromatic heterocycles. The number of non-ortho nitro benzene ring substituents is 1. The van der Waals surface area contributed by atoms with Crippen molar-refractivity contribution in [3.05, 3.63) is 66.6 Å². The highest BCUT2D eigenvalue weighted by Crippen LogP contribution is 2.26. The van der Waals surface area contributed by atoms with Crippen molar-refractivity contribution in [1.29, 1.82) is 0 Å². The van der Waals surface area contributed by atoms with Gasteiger partial charge in [0, 0.05) is 32.3 Å². The third-order valence-corrected chi connectivity index (χ3v) is 5.92. The highest BCUT2D eigenvalue weighted by Gasteiger charge is 2.21. The van der Waals surface area contributed by atoms with Crippen LogP contribution in [0.15, 0.2) is 50.3 Å². The van der Waals surface area contributed by atoms with Crippen LogP contribution in [0.4, 0.5) is 15.8 Å². The van der Waals surface area contributed by atoms with Crippen LogP contribution in [0.1, 0.15) is 28.4 Å². The van der Waals surface area contributed by atoms with Crippen LogP contribution in [-0.2, 0) is 9.59 Å². The number of hydrogen-bond acceptors (Lipinski definition) is 8. The lowest BCUT2D eigenvalue weighted by Gasteiger charge is -2.19. The molecule has 2 aromatic carbocycles. The molecule has 0 radical (unpaired) electrons. The molecule has 2 amide bonds. The molecule has 2 atom stereocenters. The first kappa shape index (κ1) is 28.0. The van der Waals surface area contributed by atoms with Crippen LogP contribution in [-0.4, -0.2) is 59.6 Å². The summed E-state index contributed by atoms with van der Waals surface area (Å²) < 4.78 is 14.6. The highest BCUT2D eigenvalue weighted by atomic mass is 79.9. The van der Waals surface area contributed by atoms with Crippen molar-refractivity contribution in [2.75, 3.05) is 25.0 Å². The number of halogens is 3. The van der Waals surface area contributed by atoms with Crippen LogP contribution in [0.2, 0.25) is 0 Å². The first-order chi connectivity index (χ1) is 17.5. The summed E-state index contributed by atoms with van der Waals surface area (Å²) in [4.78, 5) is 51.2. The third kappa shape index (κ3) is 8.49. The molecule has 0 bridgehead atoms. The number of carbonyl (C=O) groups is 3. The molecule has 196 valence electrons. The monoisotopic (exact) mass is 642 g/mol. The van der Waals surface area contributed by atoms with E-state index in [9.17, 15) is 34.0 Å². The number of nitro benzene ring substituents is 1. The van der Waals surface area contributed by atoms with E-state index >= 15 is 0 Å². The fourth-order valence-corrected chi connectivity index (χ4v) is 4.70. The Balaban J connectivity index is 1.69. The first-order valence-corrected chi connectivity index (χ1v) is 12.3. The zero-order valence-electron chi connectivity index (χ0n) is 19.0. The molecule has 0 spiro atoms. The number of aliphatic carboxylic acids is 1. The van der Waals surface area contributed by atoms with Gasteiger partial charge in [-0.2, -0.15) is 0 Å². The number of rotatable bonds is 9. The van der Waals surface area contributed by atoms with Gasteiger partial charge >= 0.3 is 5.97 Å². The largest absolute Gasteiger partial charge is 0.481 e. The van der Waals surface area contributed by atoms with Crippen molar-refractivity contribution in [1.82, 2.24) is 16.0 Å². The van der Waals surface area contributed by atoms with E-state index < -0.39 is 47.9 Å². The van der Waals surface area contributed by atoms with Gasteiger partial charge in [-0.1, -0.05) is 31.9 Å². The molecule has 0 aliphatic carbocycles. The number of nitrogens with zero attached hydrogens (tertiary/aromatic N) is 2. The maximum Gasteiger partial charge on any atom is 0.305 e. The second kappa shape index (κ2) is 12.6. The van der Waals surface area contributed by atoms with E-state index in [-0.39, 0.29) is 36.0 Å². The van der Waals surface area contributed by atoms with Crippen molar-refractivity contribution < 1.29 is 28.8 Å². The minimum absolute atomic E-state index is 0.0168. The number of hydrogen-bond donors (Lipinski definition) is 5. The Morgan fingerprint density at radius 2 is 1.89 bits per heavy atom. The zero-order chi connectivity index (χ0) is 27.1. The average molecular weight is 644 g/mol. The van der Waals surface area contributed by atoms with Gasteiger partial charge in [-0.25, -0.2) is 9.38 Å². The molecule has 15 heteroatoms. The molecule has 3 rings (SSSR count). The Labute approximate surface area is 226 Å². The van der Waals surface area contributed by atoms with Crippen molar-refractivity contribution in [3.8, 4) is 0 Å².